The Labute approximate surface area is 182 Å². The number of amides is 1. The molecular formula is C25H26N4O2. The average molecular weight is 415 g/mol. The minimum atomic E-state index is -0.455. The molecule has 2 heterocycles. The molecule has 2 aliphatic rings. The van der Waals surface area contributed by atoms with Crippen LogP contribution in [0.25, 0.3) is 11.1 Å². The number of aliphatic hydroxyl groups excluding tert-OH is 1. The first-order chi connectivity index (χ1) is 15.2. The van der Waals surface area contributed by atoms with Gasteiger partial charge in [0.2, 0.25) is 0 Å². The SMILES string of the molecule is O=C(c1ccc(-c2ccccc2)cc1)N1C[C@H]2C[C@@H](Nc3cnccn3)[C@H](O)C[C@H]2C1. The van der Waals surface area contributed by atoms with E-state index in [4.69, 9.17) is 0 Å². The maximum Gasteiger partial charge on any atom is 0.253 e. The summed E-state index contributed by atoms with van der Waals surface area (Å²) in [5.74, 6) is 1.46. The van der Waals surface area contributed by atoms with Crippen LogP contribution in [0.1, 0.15) is 23.2 Å². The van der Waals surface area contributed by atoms with Crippen LogP contribution in [0.2, 0.25) is 0 Å². The summed E-state index contributed by atoms with van der Waals surface area (Å²) in [6, 6.07) is 17.9. The predicted octanol–water partition coefficient (Wildman–Crippen LogP) is 3.47. The zero-order valence-corrected chi connectivity index (χ0v) is 17.3. The first-order valence-electron chi connectivity index (χ1n) is 10.8. The molecule has 1 saturated carbocycles. The Hall–Kier alpha value is -3.25. The number of hydrogen-bond acceptors (Lipinski definition) is 5. The molecule has 4 atom stereocenters. The number of carbonyl (C=O) groups excluding carboxylic acids is 1. The fourth-order valence-corrected chi connectivity index (χ4v) is 4.93. The maximum atomic E-state index is 13.1. The number of benzene rings is 2. The van der Waals surface area contributed by atoms with E-state index in [0.717, 1.165) is 24.1 Å². The highest BCUT2D eigenvalue weighted by atomic mass is 16.3. The second-order valence-electron chi connectivity index (χ2n) is 8.55. The zero-order chi connectivity index (χ0) is 21.2. The molecular weight excluding hydrogens is 388 g/mol. The van der Waals surface area contributed by atoms with Gasteiger partial charge in [-0.15, -0.1) is 0 Å². The van der Waals surface area contributed by atoms with E-state index in [1.807, 2.05) is 47.4 Å². The summed E-state index contributed by atoms with van der Waals surface area (Å²) in [7, 11) is 0. The monoisotopic (exact) mass is 414 g/mol. The summed E-state index contributed by atoms with van der Waals surface area (Å²) >= 11 is 0. The molecule has 0 bridgehead atoms. The molecule has 1 amide bonds. The summed E-state index contributed by atoms with van der Waals surface area (Å²) < 4.78 is 0. The molecule has 31 heavy (non-hydrogen) atoms. The summed E-state index contributed by atoms with van der Waals surface area (Å²) in [6.45, 7) is 1.44. The van der Waals surface area contributed by atoms with Crippen molar-refractivity contribution < 1.29 is 9.90 Å². The molecule has 3 aromatic rings. The lowest BCUT2D eigenvalue weighted by Crippen LogP contribution is -2.43. The van der Waals surface area contributed by atoms with Crippen LogP contribution in [-0.4, -0.2) is 51.1 Å². The van der Waals surface area contributed by atoms with Crippen molar-refractivity contribution in [2.24, 2.45) is 11.8 Å². The molecule has 0 radical (unpaired) electrons. The minimum Gasteiger partial charge on any atom is -0.391 e. The Morgan fingerprint density at radius 3 is 2.35 bits per heavy atom. The third-order valence-corrected chi connectivity index (χ3v) is 6.56. The molecule has 0 spiro atoms. The van der Waals surface area contributed by atoms with E-state index in [-0.39, 0.29) is 11.9 Å². The number of carbonyl (C=O) groups is 1. The standard InChI is InChI=1S/C25H26N4O2/c30-23-13-21-16-29(15-20(21)12-22(23)28-24-14-26-10-11-27-24)25(31)19-8-6-18(7-9-19)17-4-2-1-3-5-17/h1-11,14,20-23,30H,12-13,15-16H2,(H,27,28)/t20-,21+,22-,23-/m1/s1. The van der Waals surface area contributed by atoms with Crippen LogP contribution in [0.3, 0.4) is 0 Å². The first-order valence-corrected chi connectivity index (χ1v) is 10.8. The average Bonchev–Trinajstić information content (AvgIpc) is 3.23. The van der Waals surface area contributed by atoms with Crippen molar-refractivity contribution in [3.05, 3.63) is 78.8 Å². The summed E-state index contributed by atoms with van der Waals surface area (Å²) in [5.41, 5.74) is 2.96. The van der Waals surface area contributed by atoms with Crippen LogP contribution in [0.4, 0.5) is 5.82 Å². The highest BCUT2D eigenvalue weighted by Crippen LogP contribution is 2.38. The molecule has 2 fully saturated rings. The Morgan fingerprint density at radius 2 is 1.65 bits per heavy atom. The molecule has 0 unspecified atom stereocenters. The number of hydrogen-bond donors (Lipinski definition) is 2. The van der Waals surface area contributed by atoms with Crippen molar-refractivity contribution in [2.75, 3.05) is 18.4 Å². The summed E-state index contributed by atoms with van der Waals surface area (Å²) in [4.78, 5) is 23.4. The lowest BCUT2D eigenvalue weighted by molar-refractivity contribution is 0.0727. The Bertz CT molecular complexity index is 1030. The smallest absolute Gasteiger partial charge is 0.253 e. The van der Waals surface area contributed by atoms with E-state index in [1.165, 1.54) is 0 Å². The van der Waals surface area contributed by atoms with E-state index in [0.29, 0.717) is 36.2 Å². The van der Waals surface area contributed by atoms with E-state index < -0.39 is 6.10 Å². The Morgan fingerprint density at radius 1 is 0.935 bits per heavy atom. The van der Waals surface area contributed by atoms with E-state index in [2.05, 4.69) is 27.4 Å². The first kappa shape index (κ1) is 19.7. The third kappa shape index (κ3) is 4.16. The third-order valence-electron chi connectivity index (χ3n) is 6.56. The normalized spacial score (nSPS) is 25.1. The van der Waals surface area contributed by atoms with Crippen LogP contribution in [0.5, 0.6) is 0 Å². The number of anilines is 1. The molecule has 2 aromatic carbocycles. The van der Waals surface area contributed by atoms with E-state index in [1.54, 1.807) is 18.6 Å². The molecule has 6 nitrogen and oxygen atoms in total. The number of aromatic nitrogens is 2. The second-order valence-corrected chi connectivity index (χ2v) is 8.55. The van der Waals surface area contributed by atoms with Crippen LogP contribution < -0.4 is 5.32 Å². The van der Waals surface area contributed by atoms with Crippen LogP contribution >= 0.6 is 0 Å². The molecule has 2 N–H and O–H groups in total. The van der Waals surface area contributed by atoms with Gasteiger partial charge in [-0.2, -0.15) is 0 Å². The van der Waals surface area contributed by atoms with Gasteiger partial charge in [-0.1, -0.05) is 42.5 Å². The topological polar surface area (TPSA) is 78.4 Å². The number of rotatable bonds is 4. The quantitative estimate of drug-likeness (QED) is 0.684. The van der Waals surface area contributed by atoms with Gasteiger partial charge in [-0.05, 0) is 47.9 Å². The fourth-order valence-electron chi connectivity index (χ4n) is 4.93. The number of nitrogens with zero attached hydrogens (tertiary/aromatic N) is 3. The Kier molecular flexibility index (Phi) is 5.38. The van der Waals surface area contributed by atoms with Gasteiger partial charge in [0.05, 0.1) is 18.3 Å². The molecule has 6 heteroatoms. The fraction of sp³-hybridized carbons (Fsp3) is 0.320. The maximum absolute atomic E-state index is 13.1. The minimum absolute atomic E-state index is 0.0712. The number of likely N-dealkylation sites (tertiary alicyclic amines) is 1. The molecule has 158 valence electrons. The summed E-state index contributed by atoms with van der Waals surface area (Å²) in [6.07, 6.45) is 5.99. The Balaban J connectivity index is 1.24. The van der Waals surface area contributed by atoms with Crippen molar-refractivity contribution in [3.8, 4) is 11.1 Å². The van der Waals surface area contributed by atoms with Crippen LogP contribution in [0.15, 0.2) is 73.2 Å². The molecule has 1 aromatic heterocycles. The zero-order valence-electron chi connectivity index (χ0n) is 17.3. The highest BCUT2D eigenvalue weighted by molar-refractivity contribution is 5.95. The predicted molar refractivity (Wildman–Crippen MR) is 119 cm³/mol. The molecule has 1 aliphatic carbocycles. The number of fused-ring (bicyclic) bond motifs is 1. The van der Waals surface area contributed by atoms with E-state index in [9.17, 15) is 9.90 Å². The van der Waals surface area contributed by atoms with Gasteiger partial charge in [-0.3, -0.25) is 9.78 Å². The second kappa shape index (κ2) is 8.47. The van der Waals surface area contributed by atoms with Crippen molar-refractivity contribution in [3.63, 3.8) is 0 Å². The van der Waals surface area contributed by atoms with Gasteiger partial charge in [-0.25, -0.2) is 4.98 Å². The van der Waals surface area contributed by atoms with Gasteiger partial charge in [0.1, 0.15) is 5.82 Å². The largest absolute Gasteiger partial charge is 0.391 e. The van der Waals surface area contributed by atoms with Crippen LogP contribution in [0, 0.1) is 11.8 Å². The van der Waals surface area contributed by atoms with Gasteiger partial charge < -0.3 is 15.3 Å². The van der Waals surface area contributed by atoms with Gasteiger partial charge in [0, 0.05) is 31.0 Å². The lowest BCUT2D eigenvalue weighted by Gasteiger charge is -2.35. The molecule has 1 saturated heterocycles. The number of nitrogens with one attached hydrogen (secondary N) is 1. The van der Waals surface area contributed by atoms with Gasteiger partial charge in [0.25, 0.3) is 5.91 Å². The number of aliphatic hydroxyl groups is 1. The van der Waals surface area contributed by atoms with E-state index >= 15 is 0 Å². The molecule has 5 rings (SSSR count). The van der Waals surface area contributed by atoms with Crippen LogP contribution in [-0.2, 0) is 0 Å². The molecule has 1 aliphatic heterocycles. The highest BCUT2D eigenvalue weighted by Gasteiger charge is 2.43. The summed E-state index contributed by atoms with van der Waals surface area (Å²) in [5, 5.41) is 14.0. The van der Waals surface area contributed by atoms with Crippen molar-refractivity contribution in [2.45, 2.75) is 25.0 Å². The van der Waals surface area contributed by atoms with Gasteiger partial charge >= 0.3 is 0 Å². The van der Waals surface area contributed by atoms with Gasteiger partial charge in [0.15, 0.2) is 0 Å². The van der Waals surface area contributed by atoms with Crippen molar-refractivity contribution in [1.82, 2.24) is 14.9 Å². The lowest BCUT2D eigenvalue weighted by atomic mass is 9.77. The van der Waals surface area contributed by atoms with Crippen molar-refractivity contribution in [1.29, 1.82) is 0 Å². The van der Waals surface area contributed by atoms with Crippen molar-refractivity contribution >= 4 is 11.7 Å².